The molecule has 1 atom stereocenters. The molecule has 3 rings (SSSR count). The largest absolute Gasteiger partial charge is 0.493 e. The lowest BCUT2D eigenvalue weighted by Crippen LogP contribution is -2.16. The molecule has 3 nitrogen and oxygen atoms in total. The second kappa shape index (κ2) is 11.2. The number of hydrogen-bond donors (Lipinski definition) is 1. The molecule has 0 aliphatic heterocycles. The lowest BCUT2D eigenvalue weighted by Gasteiger charge is -2.19. The molecule has 0 saturated carbocycles. The number of benzene rings is 3. The van der Waals surface area contributed by atoms with Crippen LogP contribution in [0.5, 0.6) is 5.75 Å². The van der Waals surface area contributed by atoms with Gasteiger partial charge >= 0.3 is 0 Å². The van der Waals surface area contributed by atoms with Gasteiger partial charge in [0.15, 0.2) is 0 Å². The number of nitrogens with zero attached hydrogens (tertiary/aromatic N) is 1. The lowest BCUT2D eigenvalue weighted by molar-refractivity contribution is 0.233. The van der Waals surface area contributed by atoms with Crippen molar-refractivity contribution in [2.45, 2.75) is 40.0 Å². The maximum atomic E-state index is 9.25. The fourth-order valence-electron chi connectivity index (χ4n) is 3.86. The van der Waals surface area contributed by atoms with Crippen molar-refractivity contribution in [2.75, 3.05) is 18.5 Å². The Morgan fingerprint density at radius 1 is 0.935 bits per heavy atom. The summed E-state index contributed by atoms with van der Waals surface area (Å²) in [7, 11) is 0. The Bertz CT molecular complexity index is 1040. The number of anilines is 1. The van der Waals surface area contributed by atoms with E-state index in [2.05, 4.69) is 68.6 Å². The quantitative estimate of drug-likeness (QED) is 0.385. The summed E-state index contributed by atoms with van der Waals surface area (Å²) in [5.41, 5.74) is 6.43. The fraction of sp³-hybridized carbons (Fsp3) is 0.321. The molecule has 1 N–H and O–H groups in total. The van der Waals surface area contributed by atoms with E-state index in [-0.39, 0.29) is 0 Å². The molecule has 3 aromatic carbocycles. The van der Waals surface area contributed by atoms with Gasteiger partial charge in [0.05, 0.1) is 18.2 Å². The van der Waals surface area contributed by atoms with E-state index in [0.717, 1.165) is 55.0 Å². The Morgan fingerprint density at radius 3 is 2.52 bits per heavy atom. The molecule has 0 aliphatic rings. The number of nitriles is 1. The molecule has 0 amide bonds. The molecule has 0 radical (unpaired) electrons. The van der Waals surface area contributed by atoms with Crippen LogP contribution in [-0.2, 0) is 0 Å². The molecular weight excluding hydrogens is 380 g/mol. The Morgan fingerprint density at radius 2 is 1.74 bits per heavy atom. The first-order chi connectivity index (χ1) is 15.1. The third-order valence-electron chi connectivity index (χ3n) is 5.52. The first-order valence-corrected chi connectivity index (χ1v) is 11.1. The van der Waals surface area contributed by atoms with E-state index in [4.69, 9.17) is 4.74 Å². The zero-order valence-corrected chi connectivity index (χ0v) is 18.8. The molecule has 3 aromatic rings. The predicted molar refractivity (Wildman–Crippen MR) is 130 cm³/mol. The van der Waals surface area contributed by atoms with Crippen LogP contribution in [0, 0.1) is 31.1 Å². The molecule has 0 heterocycles. The molecule has 0 saturated heterocycles. The third kappa shape index (κ3) is 6.62. The fourth-order valence-corrected chi connectivity index (χ4v) is 3.86. The molecular formula is C28H32N2O. The predicted octanol–water partition coefficient (Wildman–Crippen LogP) is 7.14. The van der Waals surface area contributed by atoms with Crippen molar-refractivity contribution in [1.29, 1.82) is 5.26 Å². The van der Waals surface area contributed by atoms with Crippen LogP contribution in [0.1, 0.15) is 42.9 Å². The van der Waals surface area contributed by atoms with Crippen molar-refractivity contribution in [3.05, 3.63) is 83.4 Å². The van der Waals surface area contributed by atoms with Crippen LogP contribution < -0.4 is 10.1 Å². The minimum absolute atomic E-state index is 0.508. The maximum absolute atomic E-state index is 9.25. The molecule has 0 bridgehead atoms. The van der Waals surface area contributed by atoms with Crippen molar-refractivity contribution in [3.63, 3.8) is 0 Å². The highest BCUT2D eigenvalue weighted by atomic mass is 16.5. The number of hydrogen-bond acceptors (Lipinski definition) is 3. The van der Waals surface area contributed by atoms with Gasteiger partial charge in [-0.2, -0.15) is 5.26 Å². The van der Waals surface area contributed by atoms with E-state index in [0.29, 0.717) is 11.5 Å². The molecule has 0 fully saturated rings. The second-order valence-electron chi connectivity index (χ2n) is 8.24. The Hall–Kier alpha value is -3.25. The summed E-state index contributed by atoms with van der Waals surface area (Å²) in [4.78, 5) is 0. The van der Waals surface area contributed by atoms with Gasteiger partial charge in [-0.15, -0.1) is 0 Å². The van der Waals surface area contributed by atoms with Gasteiger partial charge in [0.25, 0.3) is 0 Å². The molecule has 0 aliphatic carbocycles. The zero-order valence-electron chi connectivity index (χ0n) is 18.8. The van der Waals surface area contributed by atoms with Crippen LogP contribution in [0.4, 0.5) is 5.69 Å². The van der Waals surface area contributed by atoms with Gasteiger partial charge in [-0.1, -0.05) is 49.7 Å². The second-order valence-corrected chi connectivity index (χ2v) is 8.24. The first kappa shape index (κ1) is 22.4. The Labute approximate surface area is 186 Å². The summed E-state index contributed by atoms with van der Waals surface area (Å²) in [5.74, 6) is 1.46. The van der Waals surface area contributed by atoms with Gasteiger partial charge in [-0.05, 0) is 79.6 Å². The highest BCUT2D eigenvalue weighted by Crippen LogP contribution is 2.30. The van der Waals surface area contributed by atoms with Crippen LogP contribution >= 0.6 is 0 Å². The maximum Gasteiger partial charge on any atom is 0.119 e. The molecule has 0 aromatic heterocycles. The van der Waals surface area contributed by atoms with Crippen molar-refractivity contribution in [2.24, 2.45) is 5.92 Å². The summed E-state index contributed by atoms with van der Waals surface area (Å²) < 4.78 is 6.08. The van der Waals surface area contributed by atoms with Crippen LogP contribution in [0.2, 0.25) is 0 Å². The highest BCUT2D eigenvalue weighted by molar-refractivity contribution is 5.79. The van der Waals surface area contributed by atoms with E-state index >= 15 is 0 Å². The highest BCUT2D eigenvalue weighted by Gasteiger charge is 2.11. The molecule has 31 heavy (non-hydrogen) atoms. The Balaban J connectivity index is 1.65. The smallest absolute Gasteiger partial charge is 0.119 e. The number of ether oxygens (including phenoxy) is 1. The van der Waals surface area contributed by atoms with Crippen LogP contribution in [0.15, 0.2) is 66.7 Å². The SMILES string of the molecule is CCCC(CCNc1cc(C)ccc1-c1cccc(C#N)c1)COc1cccc(C)c1. The average molecular weight is 413 g/mol. The number of nitrogens with one attached hydrogen (secondary N) is 1. The van der Waals surface area contributed by atoms with E-state index in [1.807, 2.05) is 30.3 Å². The van der Waals surface area contributed by atoms with Gasteiger partial charge in [-0.25, -0.2) is 0 Å². The van der Waals surface area contributed by atoms with Crippen LogP contribution in [0.25, 0.3) is 11.1 Å². The summed E-state index contributed by atoms with van der Waals surface area (Å²) in [6.07, 6.45) is 3.35. The minimum Gasteiger partial charge on any atom is -0.493 e. The van der Waals surface area contributed by atoms with Crippen LogP contribution in [-0.4, -0.2) is 13.2 Å². The molecule has 3 heteroatoms. The van der Waals surface area contributed by atoms with Crippen molar-refractivity contribution >= 4 is 5.69 Å². The number of rotatable bonds is 10. The van der Waals surface area contributed by atoms with E-state index < -0.39 is 0 Å². The summed E-state index contributed by atoms with van der Waals surface area (Å²) in [5, 5.41) is 12.9. The van der Waals surface area contributed by atoms with Gasteiger partial charge in [0.2, 0.25) is 0 Å². The topological polar surface area (TPSA) is 45.0 Å². The van der Waals surface area contributed by atoms with Crippen molar-refractivity contribution in [1.82, 2.24) is 0 Å². The molecule has 160 valence electrons. The summed E-state index contributed by atoms with van der Waals surface area (Å²) in [6.45, 7) is 8.05. The third-order valence-corrected chi connectivity index (χ3v) is 5.52. The number of aryl methyl sites for hydroxylation is 2. The standard InChI is InChI=1S/C28H32N2O/c1-4-7-23(20-31-26-11-5-8-21(2)16-26)14-15-30-28-17-22(3)12-13-27(28)25-10-6-9-24(18-25)19-29/h5-6,8-13,16-18,23,30H,4,7,14-15,20H2,1-3H3. The van der Waals surface area contributed by atoms with Crippen LogP contribution in [0.3, 0.4) is 0 Å². The zero-order chi connectivity index (χ0) is 22.1. The molecule has 0 spiro atoms. The van der Waals surface area contributed by atoms with Crippen molar-refractivity contribution in [3.8, 4) is 22.9 Å². The van der Waals surface area contributed by atoms with E-state index in [1.165, 1.54) is 11.1 Å². The normalized spacial score (nSPS) is 11.5. The lowest BCUT2D eigenvalue weighted by atomic mass is 9.98. The first-order valence-electron chi connectivity index (χ1n) is 11.1. The minimum atomic E-state index is 0.508. The van der Waals surface area contributed by atoms with Gasteiger partial charge < -0.3 is 10.1 Å². The summed E-state index contributed by atoms with van der Waals surface area (Å²) in [6, 6.07) is 24.7. The Kier molecular flexibility index (Phi) is 8.12. The summed E-state index contributed by atoms with van der Waals surface area (Å²) >= 11 is 0. The average Bonchev–Trinajstić information content (AvgIpc) is 2.77. The molecule has 1 unspecified atom stereocenters. The van der Waals surface area contributed by atoms with E-state index in [1.54, 1.807) is 0 Å². The monoisotopic (exact) mass is 412 g/mol. The van der Waals surface area contributed by atoms with Crippen molar-refractivity contribution < 1.29 is 4.74 Å². The van der Waals surface area contributed by atoms with Gasteiger partial charge in [-0.3, -0.25) is 0 Å². The van der Waals surface area contributed by atoms with Gasteiger partial charge in [0.1, 0.15) is 5.75 Å². The van der Waals surface area contributed by atoms with E-state index in [9.17, 15) is 5.26 Å². The van der Waals surface area contributed by atoms with Gasteiger partial charge in [0, 0.05) is 17.8 Å².